The van der Waals surface area contributed by atoms with Gasteiger partial charge in [0.05, 0.1) is 33.0 Å². The molecule has 1 aliphatic rings. The molecule has 7 nitrogen and oxygen atoms in total. The molecule has 1 fully saturated rings. The van der Waals surface area contributed by atoms with Gasteiger partial charge in [-0.1, -0.05) is 36.4 Å². The fourth-order valence-electron chi connectivity index (χ4n) is 3.70. The van der Waals surface area contributed by atoms with Crippen LogP contribution in [0.3, 0.4) is 0 Å². The number of fused-ring (bicyclic) bond motifs is 1. The molecule has 0 unspecified atom stereocenters. The highest BCUT2D eigenvalue weighted by Gasteiger charge is 2.24. The maximum atomic E-state index is 13.1. The van der Waals surface area contributed by atoms with Crippen LogP contribution in [-0.2, 0) is 4.74 Å². The molecule has 7 heteroatoms. The molecule has 1 saturated heterocycles. The van der Waals surface area contributed by atoms with E-state index in [1.165, 1.54) is 14.2 Å². The first kappa shape index (κ1) is 21.9. The number of ketones is 1. The number of hydrogen-bond donors (Lipinski definition) is 0. The second-order valence-electron chi connectivity index (χ2n) is 7.35. The van der Waals surface area contributed by atoms with Gasteiger partial charge >= 0.3 is 5.95 Å². The van der Waals surface area contributed by atoms with Gasteiger partial charge in [0, 0.05) is 19.6 Å². The average molecular weight is 437 g/mol. The summed E-state index contributed by atoms with van der Waals surface area (Å²) in [6, 6.07) is 13.1. The molecule has 1 aromatic heterocycles. The van der Waals surface area contributed by atoms with Crippen molar-refractivity contribution in [1.82, 2.24) is 4.90 Å². The van der Waals surface area contributed by atoms with Crippen molar-refractivity contribution in [1.29, 1.82) is 0 Å². The Labute approximate surface area is 187 Å². The molecular weight excluding hydrogens is 410 g/mol. The number of carbonyl (C=O) groups excluding carboxylic acids is 1. The predicted molar refractivity (Wildman–Crippen MR) is 122 cm³/mol. The molecule has 0 radical (unpaired) electrons. The molecule has 0 bridgehead atoms. The van der Waals surface area contributed by atoms with Gasteiger partial charge in [-0.15, -0.1) is 0 Å². The lowest BCUT2D eigenvalue weighted by Gasteiger charge is -2.26. The maximum absolute atomic E-state index is 13.1. The van der Waals surface area contributed by atoms with E-state index in [1.807, 2.05) is 30.3 Å². The minimum Gasteiger partial charge on any atom is -0.491 e. The number of methoxy groups -OCH3 is 2. The van der Waals surface area contributed by atoms with Crippen LogP contribution in [0.25, 0.3) is 17.0 Å². The van der Waals surface area contributed by atoms with Gasteiger partial charge in [0.15, 0.2) is 5.78 Å². The van der Waals surface area contributed by atoms with Crippen LogP contribution in [0.1, 0.15) is 15.9 Å². The Morgan fingerprint density at radius 1 is 1.03 bits per heavy atom. The van der Waals surface area contributed by atoms with Gasteiger partial charge in [0.25, 0.3) is 0 Å². The highest BCUT2D eigenvalue weighted by atomic mass is 16.6. The van der Waals surface area contributed by atoms with Crippen molar-refractivity contribution in [3.63, 3.8) is 0 Å². The van der Waals surface area contributed by atoms with Crippen LogP contribution >= 0.6 is 0 Å². The van der Waals surface area contributed by atoms with Gasteiger partial charge in [-0.05, 0) is 23.8 Å². The zero-order valence-electron chi connectivity index (χ0n) is 18.3. The van der Waals surface area contributed by atoms with Crippen molar-refractivity contribution in [2.45, 2.75) is 0 Å². The van der Waals surface area contributed by atoms with Crippen LogP contribution in [0.4, 0.5) is 0 Å². The molecule has 4 rings (SSSR count). The second kappa shape index (κ2) is 10.3. The number of nitrogens with zero attached hydrogens (tertiary/aromatic N) is 1. The Morgan fingerprint density at radius 2 is 1.81 bits per heavy atom. The lowest BCUT2D eigenvalue weighted by atomic mass is 10.0. The third kappa shape index (κ3) is 4.79. The van der Waals surface area contributed by atoms with Crippen molar-refractivity contribution >= 4 is 22.8 Å². The van der Waals surface area contributed by atoms with Gasteiger partial charge in [-0.3, -0.25) is 9.69 Å². The molecule has 0 amide bonds. The molecule has 0 saturated carbocycles. The number of rotatable bonds is 9. The molecule has 1 aliphatic heterocycles. The summed E-state index contributed by atoms with van der Waals surface area (Å²) in [7, 11) is 3.04. The molecule has 2 heterocycles. The lowest BCUT2D eigenvalue weighted by molar-refractivity contribution is 0.0323. The van der Waals surface area contributed by atoms with E-state index in [2.05, 4.69) is 4.90 Å². The van der Waals surface area contributed by atoms with E-state index in [-0.39, 0.29) is 11.7 Å². The normalized spacial score (nSPS) is 14.7. The quantitative estimate of drug-likeness (QED) is 0.369. The van der Waals surface area contributed by atoms with E-state index in [9.17, 15) is 4.79 Å². The number of hydrogen-bond acceptors (Lipinski definition) is 7. The van der Waals surface area contributed by atoms with Crippen LogP contribution in [0.15, 0.2) is 53.0 Å². The monoisotopic (exact) mass is 437 g/mol. The number of ether oxygens (including phenoxy) is 4. The number of benzene rings is 2. The Kier molecular flexibility index (Phi) is 7.09. The van der Waals surface area contributed by atoms with Gasteiger partial charge in [0.1, 0.15) is 23.3 Å². The Morgan fingerprint density at radius 3 is 2.53 bits per heavy atom. The number of allylic oxidation sites excluding steroid dienone is 1. The van der Waals surface area contributed by atoms with E-state index in [0.717, 1.165) is 38.4 Å². The number of furan rings is 1. The summed E-state index contributed by atoms with van der Waals surface area (Å²) in [5.74, 6) is 0.914. The standard InChI is InChI=1S/C25H27NO6/c1-28-24-22-21(32-25(24)29-2)11-9-19(20(27)10-8-18-6-4-3-5-7-18)23(22)31-17-14-26-12-15-30-16-13-26/h3-11H,12-17H2,1-2H3. The molecule has 168 valence electrons. The molecule has 0 atom stereocenters. The van der Waals surface area contributed by atoms with Crippen LogP contribution in [0.5, 0.6) is 17.4 Å². The van der Waals surface area contributed by atoms with Gasteiger partial charge < -0.3 is 23.4 Å². The Bertz CT molecular complexity index is 1080. The van der Waals surface area contributed by atoms with E-state index in [4.69, 9.17) is 23.4 Å². The van der Waals surface area contributed by atoms with E-state index in [0.29, 0.717) is 34.6 Å². The predicted octanol–water partition coefficient (Wildman–Crippen LogP) is 4.06. The smallest absolute Gasteiger partial charge is 0.329 e. The summed E-state index contributed by atoms with van der Waals surface area (Å²) in [6.07, 6.45) is 3.34. The third-order valence-electron chi connectivity index (χ3n) is 5.37. The Hall–Kier alpha value is -3.29. The molecule has 0 spiro atoms. The maximum Gasteiger partial charge on any atom is 0.329 e. The summed E-state index contributed by atoms with van der Waals surface area (Å²) in [5, 5.41) is 0.588. The van der Waals surface area contributed by atoms with Crippen molar-refractivity contribution < 1.29 is 28.2 Å². The fraction of sp³-hybridized carbons (Fsp3) is 0.320. The molecule has 0 aliphatic carbocycles. The topological polar surface area (TPSA) is 70.4 Å². The largest absolute Gasteiger partial charge is 0.491 e. The van der Waals surface area contributed by atoms with Gasteiger partial charge in [-0.2, -0.15) is 0 Å². The van der Waals surface area contributed by atoms with Crippen molar-refractivity contribution in [2.24, 2.45) is 0 Å². The van der Waals surface area contributed by atoms with Gasteiger partial charge in [-0.25, -0.2) is 0 Å². The third-order valence-corrected chi connectivity index (χ3v) is 5.37. The molecule has 32 heavy (non-hydrogen) atoms. The summed E-state index contributed by atoms with van der Waals surface area (Å²) >= 11 is 0. The summed E-state index contributed by atoms with van der Waals surface area (Å²) in [6.45, 7) is 4.31. The number of carbonyl (C=O) groups is 1. The van der Waals surface area contributed by atoms with Gasteiger partial charge in [0.2, 0.25) is 5.75 Å². The molecule has 0 N–H and O–H groups in total. The number of morpholine rings is 1. The lowest BCUT2D eigenvalue weighted by Crippen LogP contribution is -2.38. The van der Waals surface area contributed by atoms with E-state index in [1.54, 1.807) is 24.3 Å². The molecule has 3 aromatic rings. The highest BCUT2D eigenvalue weighted by Crippen LogP contribution is 2.45. The average Bonchev–Trinajstić information content (AvgIpc) is 3.22. The molecular formula is C25H27NO6. The van der Waals surface area contributed by atoms with E-state index < -0.39 is 0 Å². The van der Waals surface area contributed by atoms with Crippen LogP contribution < -0.4 is 14.2 Å². The summed E-state index contributed by atoms with van der Waals surface area (Å²) in [4.78, 5) is 15.4. The first-order valence-electron chi connectivity index (χ1n) is 10.6. The molecule has 2 aromatic carbocycles. The van der Waals surface area contributed by atoms with Crippen molar-refractivity contribution in [3.05, 3.63) is 59.7 Å². The zero-order valence-corrected chi connectivity index (χ0v) is 18.3. The summed E-state index contributed by atoms with van der Waals surface area (Å²) in [5.41, 5.74) is 1.91. The highest BCUT2D eigenvalue weighted by molar-refractivity contribution is 6.12. The van der Waals surface area contributed by atoms with Crippen LogP contribution in [0.2, 0.25) is 0 Å². The Balaban J connectivity index is 1.66. The first-order valence-corrected chi connectivity index (χ1v) is 10.6. The van der Waals surface area contributed by atoms with Crippen molar-refractivity contribution in [3.8, 4) is 17.4 Å². The fourth-order valence-corrected chi connectivity index (χ4v) is 3.70. The summed E-state index contributed by atoms with van der Waals surface area (Å²) < 4.78 is 28.2. The first-order chi connectivity index (χ1) is 15.7. The van der Waals surface area contributed by atoms with Crippen LogP contribution in [-0.4, -0.2) is 64.4 Å². The van der Waals surface area contributed by atoms with Crippen molar-refractivity contribution in [2.75, 3.05) is 53.7 Å². The zero-order chi connectivity index (χ0) is 22.3. The van der Waals surface area contributed by atoms with E-state index >= 15 is 0 Å². The SMILES string of the molecule is COc1oc2ccc(C(=O)C=Cc3ccccc3)c(OCCN3CCOCC3)c2c1OC. The second-order valence-corrected chi connectivity index (χ2v) is 7.35. The minimum atomic E-state index is -0.167. The minimum absolute atomic E-state index is 0.167. The van der Waals surface area contributed by atoms with Crippen LogP contribution in [0, 0.1) is 0 Å².